The molecule has 0 saturated heterocycles. The van der Waals surface area contributed by atoms with Crippen LogP contribution in [0.4, 0.5) is 0 Å². The van der Waals surface area contributed by atoms with Crippen molar-refractivity contribution in [2.45, 2.75) is 20.8 Å². The number of carboxylic acids is 1. The van der Waals surface area contributed by atoms with Gasteiger partial charge in [0, 0.05) is 17.3 Å². The van der Waals surface area contributed by atoms with Gasteiger partial charge in [0.2, 0.25) is 0 Å². The van der Waals surface area contributed by atoms with E-state index in [1.54, 1.807) is 13.1 Å². The van der Waals surface area contributed by atoms with Crippen LogP contribution in [0.5, 0.6) is 5.75 Å². The van der Waals surface area contributed by atoms with Gasteiger partial charge in [0.15, 0.2) is 0 Å². The first kappa shape index (κ1) is 18.1. The van der Waals surface area contributed by atoms with E-state index in [2.05, 4.69) is 23.8 Å². The number of rotatable bonds is 6. The number of aromatic nitrogens is 2. The number of hydrogen-bond acceptors (Lipinski definition) is 5. The van der Waals surface area contributed by atoms with Crippen LogP contribution in [-0.4, -0.2) is 27.7 Å². The lowest BCUT2D eigenvalue weighted by molar-refractivity contribution is 0.0701. The minimum absolute atomic E-state index is 0.263. The van der Waals surface area contributed by atoms with E-state index in [1.165, 1.54) is 11.3 Å². The molecule has 2 heterocycles. The molecule has 134 valence electrons. The fraction of sp³-hybridized carbons (Fsp3) is 0.250. The van der Waals surface area contributed by atoms with E-state index in [9.17, 15) is 9.90 Å². The molecule has 5 nitrogen and oxygen atoms in total. The van der Waals surface area contributed by atoms with E-state index < -0.39 is 5.97 Å². The predicted molar refractivity (Wildman–Crippen MR) is 103 cm³/mol. The van der Waals surface area contributed by atoms with Gasteiger partial charge in [-0.3, -0.25) is 4.98 Å². The van der Waals surface area contributed by atoms with Crippen molar-refractivity contribution in [2.24, 2.45) is 5.92 Å². The molecule has 0 bridgehead atoms. The van der Waals surface area contributed by atoms with Crippen molar-refractivity contribution in [2.75, 3.05) is 6.61 Å². The van der Waals surface area contributed by atoms with Gasteiger partial charge in [-0.25, -0.2) is 9.78 Å². The second-order valence-electron chi connectivity index (χ2n) is 6.37. The van der Waals surface area contributed by atoms with Gasteiger partial charge in [0.05, 0.1) is 18.0 Å². The summed E-state index contributed by atoms with van der Waals surface area (Å²) in [4.78, 5) is 20.4. The van der Waals surface area contributed by atoms with Gasteiger partial charge in [-0.15, -0.1) is 11.3 Å². The summed E-state index contributed by atoms with van der Waals surface area (Å²) in [5.41, 5.74) is 3.05. The SMILES string of the molecule is Cc1nc(-c2ccc(OCC(C)C)c(-c3ccccn3)c2)sc1C(=O)O. The van der Waals surface area contributed by atoms with E-state index in [0.29, 0.717) is 23.2 Å². The van der Waals surface area contributed by atoms with Crippen molar-refractivity contribution in [3.05, 3.63) is 53.2 Å². The third-order valence-corrected chi connectivity index (χ3v) is 4.92. The van der Waals surface area contributed by atoms with Crippen LogP contribution in [-0.2, 0) is 0 Å². The summed E-state index contributed by atoms with van der Waals surface area (Å²) in [6, 6.07) is 11.5. The van der Waals surface area contributed by atoms with Crippen molar-refractivity contribution in [3.8, 4) is 27.6 Å². The molecule has 3 aromatic rings. The van der Waals surface area contributed by atoms with Gasteiger partial charge >= 0.3 is 5.97 Å². The number of carbonyl (C=O) groups is 1. The van der Waals surface area contributed by atoms with Crippen molar-refractivity contribution in [1.82, 2.24) is 9.97 Å². The highest BCUT2D eigenvalue weighted by Gasteiger charge is 2.17. The van der Waals surface area contributed by atoms with E-state index in [4.69, 9.17) is 4.74 Å². The molecule has 0 saturated carbocycles. The maximum absolute atomic E-state index is 11.3. The van der Waals surface area contributed by atoms with Crippen LogP contribution in [0.2, 0.25) is 0 Å². The summed E-state index contributed by atoms with van der Waals surface area (Å²) < 4.78 is 5.96. The van der Waals surface area contributed by atoms with E-state index >= 15 is 0 Å². The van der Waals surface area contributed by atoms with Gasteiger partial charge < -0.3 is 9.84 Å². The Bertz CT molecular complexity index is 920. The zero-order chi connectivity index (χ0) is 18.7. The molecular weight excluding hydrogens is 348 g/mol. The molecule has 26 heavy (non-hydrogen) atoms. The smallest absolute Gasteiger partial charge is 0.347 e. The van der Waals surface area contributed by atoms with Crippen molar-refractivity contribution in [1.29, 1.82) is 0 Å². The number of aryl methyl sites for hydroxylation is 1. The predicted octanol–water partition coefficient (Wildman–Crippen LogP) is 4.91. The van der Waals surface area contributed by atoms with E-state index in [0.717, 1.165) is 22.6 Å². The molecule has 0 aliphatic rings. The summed E-state index contributed by atoms with van der Waals surface area (Å²) in [6.45, 7) is 6.52. The number of carboxylic acid groups (broad SMARTS) is 1. The average Bonchev–Trinajstić information content (AvgIpc) is 3.02. The maximum Gasteiger partial charge on any atom is 0.347 e. The summed E-state index contributed by atoms with van der Waals surface area (Å²) in [5.74, 6) is 0.215. The lowest BCUT2D eigenvalue weighted by atomic mass is 10.1. The zero-order valence-corrected chi connectivity index (χ0v) is 15.7. The number of pyridine rings is 1. The standard InChI is InChI=1S/C20H20N2O3S/c1-12(2)11-25-17-8-7-14(10-15(17)16-6-4-5-9-21-16)19-22-13(3)18(26-19)20(23)24/h4-10,12H,11H2,1-3H3,(H,23,24). The topological polar surface area (TPSA) is 72.3 Å². The molecule has 0 fully saturated rings. The third-order valence-electron chi connectivity index (χ3n) is 3.73. The summed E-state index contributed by atoms with van der Waals surface area (Å²) in [5, 5.41) is 9.94. The van der Waals surface area contributed by atoms with Crippen LogP contribution in [0, 0.1) is 12.8 Å². The molecule has 2 aromatic heterocycles. The van der Waals surface area contributed by atoms with Gasteiger partial charge in [0.25, 0.3) is 0 Å². The number of ether oxygens (including phenoxy) is 1. The monoisotopic (exact) mass is 368 g/mol. The van der Waals surface area contributed by atoms with Gasteiger partial charge in [-0.2, -0.15) is 0 Å². The second-order valence-corrected chi connectivity index (χ2v) is 7.37. The molecule has 0 amide bonds. The zero-order valence-electron chi connectivity index (χ0n) is 14.9. The molecule has 1 aromatic carbocycles. The molecule has 0 radical (unpaired) electrons. The molecule has 0 atom stereocenters. The fourth-order valence-electron chi connectivity index (χ4n) is 2.49. The lowest BCUT2D eigenvalue weighted by Crippen LogP contribution is -2.05. The Morgan fingerprint density at radius 2 is 2.08 bits per heavy atom. The molecule has 0 spiro atoms. The molecule has 0 aliphatic heterocycles. The average molecular weight is 368 g/mol. The van der Waals surface area contributed by atoms with E-state index in [-0.39, 0.29) is 4.88 Å². The molecule has 0 unspecified atom stereocenters. The third kappa shape index (κ3) is 3.91. The molecular formula is C20H20N2O3S. The fourth-order valence-corrected chi connectivity index (χ4v) is 3.39. The Balaban J connectivity index is 2.06. The van der Waals surface area contributed by atoms with E-state index in [1.807, 2.05) is 36.4 Å². The first-order valence-electron chi connectivity index (χ1n) is 8.35. The summed E-state index contributed by atoms with van der Waals surface area (Å²) >= 11 is 1.18. The number of hydrogen-bond donors (Lipinski definition) is 1. The summed E-state index contributed by atoms with van der Waals surface area (Å²) in [6.07, 6.45) is 1.74. The second kappa shape index (κ2) is 7.66. The Hall–Kier alpha value is -2.73. The van der Waals surface area contributed by atoms with Crippen molar-refractivity contribution in [3.63, 3.8) is 0 Å². The minimum atomic E-state index is -0.951. The highest BCUT2D eigenvalue weighted by atomic mass is 32.1. The lowest BCUT2D eigenvalue weighted by Gasteiger charge is -2.14. The Labute approximate surface area is 156 Å². The quantitative estimate of drug-likeness (QED) is 0.669. The number of benzene rings is 1. The largest absolute Gasteiger partial charge is 0.493 e. The van der Waals surface area contributed by atoms with Crippen molar-refractivity contribution >= 4 is 17.3 Å². The Kier molecular flexibility index (Phi) is 5.32. The first-order valence-corrected chi connectivity index (χ1v) is 9.16. The first-order chi connectivity index (χ1) is 12.5. The van der Waals surface area contributed by atoms with Gasteiger partial charge in [-0.05, 0) is 43.2 Å². The van der Waals surface area contributed by atoms with Crippen LogP contribution in [0.3, 0.4) is 0 Å². The number of thiazole rings is 1. The number of nitrogens with zero attached hydrogens (tertiary/aromatic N) is 2. The van der Waals surface area contributed by atoms with Gasteiger partial charge in [-0.1, -0.05) is 19.9 Å². The molecule has 1 N–H and O–H groups in total. The van der Waals surface area contributed by atoms with Crippen LogP contribution in [0.1, 0.15) is 29.2 Å². The van der Waals surface area contributed by atoms with Crippen LogP contribution in [0.25, 0.3) is 21.8 Å². The van der Waals surface area contributed by atoms with Gasteiger partial charge in [0.1, 0.15) is 15.6 Å². The van der Waals surface area contributed by atoms with Crippen LogP contribution >= 0.6 is 11.3 Å². The molecule has 3 rings (SSSR count). The maximum atomic E-state index is 11.3. The summed E-state index contributed by atoms with van der Waals surface area (Å²) in [7, 11) is 0. The Morgan fingerprint density at radius 3 is 2.69 bits per heavy atom. The Morgan fingerprint density at radius 1 is 1.27 bits per heavy atom. The highest BCUT2D eigenvalue weighted by Crippen LogP contribution is 2.35. The molecule has 0 aliphatic carbocycles. The highest BCUT2D eigenvalue weighted by molar-refractivity contribution is 7.17. The molecule has 6 heteroatoms. The normalized spacial score (nSPS) is 10.9. The van der Waals surface area contributed by atoms with Crippen molar-refractivity contribution < 1.29 is 14.6 Å². The van der Waals surface area contributed by atoms with Crippen LogP contribution < -0.4 is 4.74 Å². The van der Waals surface area contributed by atoms with Crippen LogP contribution in [0.15, 0.2) is 42.6 Å². The number of aromatic carboxylic acids is 1. The minimum Gasteiger partial charge on any atom is -0.493 e.